The molecule has 0 aromatic heterocycles. The summed E-state index contributed by atoms with van der Waals surface area (Å²) >= 11 is 0. The first kappa shape index (κ1) is 16.6. The lowest BCUT2D eigenvalue weighted by Gasteiger charge is -2.30. The van der Waals surface area contributed by atoms with Crippen molar-refractivity contribution in [1.29, 1.82) is 0 Å². The minimum Gasteiger partial charge on any atom is -0.334 e. The van der Waals surface area contributed by atoms with Gasteiger partial charge in [-0.3, -0.25) is 0 Å². The van der Waals surface area contributed by atoms with Gasteiger partial charge in [-0.15, -0.1) is 0 Å². The number of hydrogen-bond acceptors (Lipinski definition) is 1. The van der Waals surface area contributed by atoms with Gasteiger partial charge in [0.25, 0.3) is 0 Å². The van der Waals surface area contributed by atoms with Crippen molar-refractivity contribution in [1.82, 2.24) is 10.2 Å². The predicted octanol–water partition coefficient (Wildman–Crippen LogP) is 4.68. The molecule has 2 aromatic rings. The van der Waals surface area contributed by atoms with E-state index in [4.69, 9.17) is 0 Å². The van der Waals surface area contributed by atoms with Crippen LogP contribution in [0.2, 0.25) is 0 Å². The zero-order valence-corrected chi connectivity index (χ0v) is 14.5. The number of carbonyl (C=O) groups is 1. The lowest BCUT2D eigenvalue weighted by molar-refractivity contribution is 0.175. The van der Waals surface area contributed by atoms with Crippen LogP contribution in [0.5, 0.6) is 0 Å². The average molecular weight is 322 g/mol. The Balaban J connectivity index is 1.68. The summed E-state index contributed by atoms with van der Waals surface area (Å²) in [5, 5.41) is 3.11. The molecule has 2 amide bonds. The number of amides is 2. The summed E-state index contributed by atoms with van der Waals surface area (Å²) in [6.07, 6.45) is 2.48. The van der Waals surface area contributed by atoms with E-state index in [-0.39, 0.29) is 12.1 Å². The van der Waals surface area contributed by atoms with E-state index in [9.17, 15) is 4.79 Å². The first-order valence-corrected chi connectivity index (χ1v) is 8.79. The van der Waals surface area contributed by atoms with Crippen molar-refractivity contribution in [2.24, 2.45) is 5.92 Å². The molecule has 1 aliphatic carbocycles. The molecule has 0 radical (unpaired) electrons. The summed E-state index contributed by atoms with van der Waals surface area (Å²) in [6.45, 7) is 5.62. The minimum atomic E-state index is 0.0292. The predicted molar refractivity (Wildman–Crippen MR) is 97.7 cm³/mol. The Labute approximate surface area is 144 Å². The summed E-state index contributed by atoms with van der Waals surface area (Å²) in [5.41, 5.74) is 3.57. The summed E-state index contributed by atoms with van der Waals surface area (Å²) < 4.78 is 0. The van der Waals surface area contributed by atoms with Crippen LogP contribution in [0.15, 0.2) is 54.6 Å². The molecule has 126 valence electrons. The zero-order valence-electron chi connectivity index (χ0n) is 14.5. The van der Waals surface area contributed by atoms with E-state index in [0.717, 1.165) is 6.54 Å². The lowest BCUT2D eigenvalue weighted by Crippen LogP contribution is -2.42. The first-order chi connectivity index (χ1) is 11.6. The molecule has 1 saturated carbocycles. The van der Waals surface area contributed by atoms with Crippen LogP contribution in [0, 0.1) is 12.8 Å². The number of hydrogen-bond donors (Lipinski definition) is 1. The Bertz CT molecular complexity index is 679. The Kier molecular flexibility index (Phi) is 5.19. The molecule has 3 rings (SSSR count). The van der Waals surface area contributed by atoms with E-state index >= 15 is 0 Å². The van der Waals surface area contributed by atoms with Gasteiger partial charge in [0.05, 0.1) is 6.04 Å². The van der Waals surface area contributed by atoms with Crippen LogP contribution in [-0.2, 0) is 6.54 Å². The highest BCUT2D eigenvalue weighted by Crippen LogP contribution is 2.32. The maximum atomic E-state index is 12.8. The Morgan fingerprint density at radius 1 is 1.12 bits per heavy atom. The summed E-state index contributed by atoms with van der Waals surface area (Å²) in [5.74, 6) is 0.667. The van der Waals surface area contributed by atoms with Crippen molar-refractivity contribution in [2.45, 2.75) is 39.3 Å². The molecule has 3 nitrogen and oxygen atoms in total. The first-order valence-electron chi connectivity index (χ1n) is 8.79. The minimum absolute atomic E-state index is 0.0292. The monoisotopic (exact) mass is 322 g/mol. The number of nitrogens with zero attached hydrogens (tertiary/aromatic N) is 1. The van der Waals surface area contributed by atoms with Gasteiger partial charge in [0, 0.05) is 13.1 Å². The third-order valence-electron chi connectivity index (χ3n) is 4.85. The van der Waals surface area contributed by atoms with Gasteiger partial charge in [-0.1, -0.05) is 54.6 Å². The van der Waals surface area contributed by atoms with Crippen LogP contribution in [0.1, 0.15) is 42.5 Å². The van der Waals surface area contributed by atoms with Crippen molar-refractivity contribution in [3.05, 3.63) is 71.3 Å². The third kappa shape index (κ3) is 4.16. The second kappa shape index (κ2) is 7.52. The SMILES string of the molecule is Cc1ccccc1CNC(=O)N(CC1CC1)C(C)c1ccccc1. The van der Waals surface area contributed by atoms with Gasteiger partial charge in [0.2, 0.25) is 0 Å². The normalized spacial score (nSPS) is 14.9. The van der Waals surface area contributed by atoms with Gasteiger partial charge in [0.15, 0.2) is 0 Å². The van der Waals surface area contributed by atoms with Crippen molar-refractivity contribution in [2.75, 3.05) is 6.54 Å². The van der Waals surface area contributed by atoms with Gasteiger partial charge >= 0.3 is 6.03 Å². The molecule has 2 aromatic carbocycles. The number of carbonyl (C=O) groups excluding carboxylic acids is 1. The molecule has 0 bridgehead atoms. The van der Waals surface area contributed by atoms with Crippen LogP contribution in [0.25, 0.3) is 0 Å². The molecule has 1 fully saturated rings. The van der Waals surface area contributed by atoms with Crippen molar-refractivity contribution in [3.63, 3.8) is 0 Å². The number of aryl methyl sites for hydroxylation is 1. The Hall–Kier alpha value is -2.29. The van der Waals surface area contributed by atoms with Gasteiger partial charge in [0.1, 0.15) is 0 Å². The Morgan fingerprint density at radius 2 is 1.79 bits per heavy atom. The average Bonchev–Trinajstić information content (AvgIpc) is 3.43. The van der Waals surface area contributed by atoms with Crippen LogP contribution < -0.4 is 5.32 Å². The fourth-order valence-electron chi connectivity index (χ4n) is 2.99. The fourth-order valence-corrected chi connectivity index (χ4v) is 2.99. The van der Waals surface area contributed by atoms with Crippen LogP contribution >= 0.6 is 0 Å². The number of rotatable bonds is 6. The second-order valence-electron chi connectivity index (χ2n) is 6.77. The molecule has 1 atom stereocenters. The maximum Gasteiger partial charge on any atom is 0.318 e. The maximum absolute atomic E-state index is 12.8. The molecule has 0 spiro atoms. The van der Waals surface area contributed by atoms with Crippen molar-refractivity contribution < 1.29 is 4.79 Å². The number of urea groups is 1. The molecule has 1 unspecified atom stereocenters. The topological polar surface area (TPSA) is 32.3 Å². The Morgan fingerprint density at radius 3 is 2.46 bits per heavy atom. The number of benzene rings is 2. The van der Waals surface area contributed by atoms with Crippen molar-refractivity contribution >= 4 is 6.03 Å². The molecular weight excluding hydrogens is 296 g/mol. The molecule has 1 aliphatic rings. The van der Waals surface area contributed by atoms with Crippen LogP contribution in [-0.4, -0.2) is 17.5 Å². The molecule has 3 heteroatoms. The highest BCUT2D eigenvalue weighted by molar-refractivity contribution is 5.74. The molecule has 24 heavy (non-hydrogen) atoms. The van der Waals surface area contributed by atoms with E-state index in [0.29, 0.717) is 12.5 Å². The second-order valence-corrected chi connectivity index (χ2v) is 6.77. The standard InChI is InChI=1S/C21H26N2O/c1-16-8-6-7-11-20(16)14-22-21(24)23(15-18-12-13-18)17(2)19-9-4-3-5-10-19/h3-11,17-18H,12-15H2,1-2H3,(H,22,24). The third-order valence-corrected chi connectivity index (χ3v) is 4.85. The molecular formula is C21H26N2O. The largest absolute Gasteiger partial charge is 0.334 e. The fraction of sp³-hybridized carbons (Fsp3) is 0.381. The van der Waals surface area contributed by atoms with Gasteiger partial charge in [-0.25, -0.2) is 4.79 Å². The van der Waals surface area contributed by atoms with E-state index in [2.05, 4.69) is 43.4 Å². The van der Waals surface area contributed by atoms with Crippen molar-refractivity contribution in [3.8, 4) is 0 Å². The summed E-state index contributed by atoms with van der Waals surface area (Å²) in [6, 6.07) is 18.6. The molecule has 0 saturated heterocycles. The summed E-state index contributed by atoms with van der Waals surface area (Å²) in [7, 11) is 0. The van der Waals surface area contributed by atoms with E-state index in [1.54, 1.807) is 0 Å². The van der Waals surface area contributed by atoms with Crippen LogP contribution in [0.4, 0.5) is 4.79 Å². The van der Waals surface area contributed by atoms with E-state index in [1.807, 2.05) is 35.2 Å². The lowest BCUT2D eigenvalue weighted by atomic mass is 10.1. The zero-order chi connectivity index (χ0) is 16.9. The molecule has 0 heterocycles. The molecule has 0 aliphatic heterocycles. The quantitative estimate of drug-likeness (QED) is 0.823. The highest BCUT2D eigenvalue weighted by Gasteiger charge is 2.30. The van der Waals surface area contributed by atoms with Gasteiger partial charge in [-0.2, -0.15) is 0 Å². The van der Waals surface area contributed by atoms with E-state index < -0.39 is 0 Å². The summed E-state index contributed by atoms with van der Waals surface area (Å²) in [4.78, 5) is 14.8. The van der Waals surface area contributed by atoms with Gasteiger partial charge < -0.3 is 10.2 Å². The van der Waals surface area contributed by atoms with Gasteiger partial charge in [-0.05, 0) is 49.3 Å². The number of nitrogens with one attached hydrogen (secondary N) is 1. The smallest absolute Gasteiger partial charge is 0.318 e. The van der Waals surface area contributed by atoms with Crippen LogP contribution in [0.3, 0.4) is 0 Å². The highest BCUT2D eigenvalue weighted by atomic mass is 16.2. The van der Waals surface area contributed by atoms with E-state index in [1.165, 1.54) is 29.5 Å². The molecule has 1 N–H and O–H groups in total.